The van der Waals surface area contributed by atoms with Crippen molar-refractivity contribution in [1.29, 1.82) is 0 Å². The van der Waals surface area contributed by atoms with Crippen molar-refractivity contribution in [1.82, 2.24) is 14.7 Å². The number of benzene rings is 3. The minimum Gasteiger partial charge on any atom is -0.497 e. The molecule has 1 aliphatic heterocycles. The van der Waals surface area contributed by atoms with Crippen LogP contribution in [0.25, 0.3) is 0 Å². The Hall–Kier alpha value is -3.88. The molecule has 3 atom stereocenters. The van der Waals surface area contributed by atoms with Crippen LogP contribution in [0.5, 0.6) is 11.5 Å². The van der Waals surface area contributed by atoms with Crippen LogP contribution in [0.3, 0.4) is 0 Å². The van der Waals surface area contributed by atoms with E-state index in [0.717, 1.165) is 42.1 Å². The third-order valence-electron chi connectivity index (χ3n) is 8.05. The summed E-state index contributed by atoms with van der Waals surface area (Å²) in [5.41, 5.74) is 3.99. The van der Waals surface area contributed by atoms with E-state index in [2.05, 4.69) is 54.0 Å². The number of hydrogen-bond donors (Lipinski definition) is 1. The quantitative estimate of drug-likeness (QED) is 0.314. The predicted octanol–water partition coefficient (Wildman–Crippen LogP) is 5.32. The van der Waals surface area contributed by atoms with Crippen molar-refractivity contribution in [2.75, 3.05) is 39.9 Å². The monoisotopic (exact) mass is 573 g/mol. The summed E-state index contributed by atoms with van der Waals surface area (Å²) in [6.45, 7) is 11.9. The molecule has 1 N–H and O–H groups in total. The van der Waals surface area contributed by atoms with E-state index >= 15 is 0 Å². The van der Waals surface area contributed by atoms with Crippen molar-refractivity contribution in [2.24, 2.45) is 0 Å². The summed E-state index contributed by atoms with van der Waals surface area (Å²) in [6.07, 6.45) is 0. The second-order valence-corrected chi connectivity index (χ2v) is 10.9. The maximum atomic E-state index is 13.3. The van der Waals surface area contributed by atoms with Crippen molar-refractivity contribution in [3.05, 3.63) is 95.1 Å². The maximum Gasteiger partial charge on any atom is 0.341 e. The Kier molecular flexibility index (Phi) is 10.6. The molecule has 224 valence electrons. The lowest BCUT2D eigenvalue weighted by Crippen LogP contribution is -2.56. The van der Waals surface area contributed by atoms with Gasteiger partial charge in [-0.3, -0.25) is 14.6 Å². The molecular weight excluding hydrogens is 530 g/mol. The van der Waals surface area contributed by atoms with E-state index in [1.54, 1.807) is 13.2 Å². The smallest absolute Gasteiger partial charge is 0.341 e. The summed E-state index contributed by atoms with van der Waals surface area (Å²) in [6, 6.07) is 24.3. The summed E-state index contributed by atoms with van der Waals surface area (Å²) in [4.78, 5) is 31.0. The van der Waals surface area contributed by atoms with E-state index in [1.165, 1.54) is 0 Å². The molecule has 4 rings (SSSR count). The Labute approximate surface area is 249 Å². The lowest BCUT2D eigenvalue weighted by molar-refractivity contribution is -0.139. The third kappa shape index (κ3) is 7.49. The minimum atomic E-state index is -0.993. The summed E-state index contributed by atoms with van der Waals surface area (Å²) in [5.74, 6) is 0.420. The van der Waals surface area contributed by atoms with Gasteiger partial charge < -0.3 is 19.5 Å². The first-order valence-corrected chi connectivity index (χ1v) is 14.7. The topological polar surface area (TPSA) is 82.5 Å². The zero-order valence-corrected chi connectivity index (χ0v) is 25.3. The van der Waals surface area contributed by atoms with Gasteiger partial charge in [0.25, 0.3) is 5.91 Å². The summed E-state index contributed by atoms with van der Waals surface area (Å²) in [7, 11) is 1.68. The van der Waals surface area contributed by atoms with Gasteiger partial charge in [-0.25, -0.2) is 4.79 Å². The van der Waals surface area contributed by atoms with Gasteiger partial charge in [0.15, 0.2) is 6.61 Å². The second kappa shape index (κ2) is 14.3. The highest BCUT2D eigenvalue weighted by Gasteiger charge is 2.35. The molecule has 1 heterocycles. The van der Waals surface area contributed by atoms with Crippen LogP contribution < -0.4 is 9.47 Å². The zero-order valence-electron chi connectivity index (χ0n) is 25.3. The van der Waals surface area contributed by atoms with Gasteiger partial charge in [0.05, 0.1) is 13.2 Å². The molecule has 0 aliphatic carbocycles. The van der Waals surface area contributed by atoms with Gasteiger partial charge in [0, 0.05) is 50.4 Å². The molecule has 1 unspecified atom stereocenters. The van der Waals surface area contributed by atoms with Crippen LogP contribution in [0, 0.1) is 0 Å². The molecule has 0 aromatic heterocycles. The second-order valence-electron chi connectivity index (χ2n) is 10.9. The van der Waals surface area contributed by atoms with Gasteiger partial charge in [-0.05, 0) is 80.8 Å². The molecule has 0 spiro atoms. The van der Waals surface area contributed by atoms with Crippen LogP contribution in [-0.2, 0) is 11.3 Å². The summed E-state index contributed by atoms with van der Waals surface area (Å²) >= 11 is 0. The third-order valence-corrected chi connectivity index (χ3v) is 8.05. The molecule has 8 nitrogen and oxygen atoms in total. The van der Waals surface area contributed by atoms with Gasteiger partial charge in [0.1, 0.15) is 11.5 Å². The lowest BCUT2D eigenvalue weighted by Gasteiger charge is -2.48. The molecule has 0 bridgehead atoms. The first-order chi connectivity index (χ1) is 20.2. The van der Waals surface area contributed by atoms with E-state index in [4.69, 9.17) is 14.6 Å². The van der Waals surface area contributed by atoms with Crippen molar-refractivity contribution < 1.29 is 24.2 Å². The van der Waals surface area contributed by atoms with Crippen LogP contribution in [0.1, 0.15) is 60.8 Å². The number of hydrogen-bond acceptors (Lipinski definition) is 6. The van der Waals surface area contributed by atoms with Crippen molar-refractivity contribution in [3.63, 3.8) is 0 Å². The fraction of sp³-hybridized carbons (Fsp3) is 0.412. The Morgan fingerprint density at radius 2 is 1.57 bits per heavy atom. The van der Waals surface area contributed by atoms with Crippen LogP contribution >= 0.6 is 0 Å². The molecule has 1 aliphatic rings. The van der Waals surface area contributed by atoms with Crippen LogP contribution in [0.15, 0.2) is 72.8 Å². The van der Waals surface area contributed by atoms with Gasteiger partial charge in [-0.1, -0.05) is 36.4 Å². The molecule has 1 fully saturated rings. The number of ether oxygens (including phenoxy) is 2. The number of amides is 1. The SMILES string of the molecule is CCN(CC)C(=O)c1cccc(C(c2cccc(OC)c2)N2C[C@@H](C)N(Cc3cccc(OCC(=O)O)c3)C[C@@H]2C)c1. The van der Waals surface area contributed by atoms with Gasteiger partial charge >= 0.3 is 5.97 Å². The van der Waals surface area contributed by atoms with Gasteiger partial charge in [-0.2, -0.15) is 0 Å². The normalized spacial score (nSPS) is 18.3. The standard InChI is InChI=1S/C34H43N3O5/c1-6-35(7-2)34(40)29-14-9-12-27(18-29)33(28-13-10-15-30(19-28)41-5)37-21-24(3)36(20-25(37)4)22-26-11-8-16-31(17-26)42-23-32(38)39/h8-19,24-25,33H,6-7,20-23H2,1-5H3,(H,38,39)/t24-,25+,33?/m1/s1. The van der Waals surface area contributed by atoms with E-state index < -0.39 is 5.97 Å². The average Bonchev–Trinajstić information content (AvgIpc) is 2.99. The number of carboxylic acid groups (broad SMARTS) is 1. The Bertz CT molecular complexity index is 1360. The molecule has 0 saturated carbocycles. The molecule has 1 saturated heterocycles. The van der Waals surface area contributed by atoms with E-state index in [9.17, 15) is 9.59 Å². The number of carbonyl (C=O) groups is 2. The van der Waals surface area contributed by atoms with E-state index in [1.807, 2.05) is 55.1 Å². The Balaban J connectivity index is 1.61. The Morgan fingerprint density at radius 3 is 2.26 bits per heavy atom. The largest absolute Gasteiger partial charge is 0.497 e. The fourth-order valence-corrected chi connectivity index (χ4v) is 5.84. The highest BCUT2D eigenvalue weighted by molar-refractivity contribution is 5.94. The van der Waals surface area contributed by atoms with Crippen LogP contribution in [-0.4, -0.2) is 83.7 Å². The van der Waals surface area contributed by atoms with Gasteiger partial charge in [0.2, 0.25) is 0 Å². The number of nitrogens with zero attached hydrogens (tertiary/aromatic N) is 3. The lowest BCUT2D eigenvalue weighted by atomic mass is 9.92. The summed E-state index contributed by atoms with van der Waals surface area (Å²) in [5, 5.41) is 8.96. The van der Waals surface area contributed by atoms with E-state index in [-0.39, 0.29) is 30.6 Å². The highest BCUT2D eigenvalue weighted by Crippen LogP contribution is 2.35. The molecule has 3 aromatic carbocycles. The van der Waals surface area contributed by atoms with Crippen molar-refractivity contribution in [2.45, 2.75) is 52.4 Å². The average molecular weight is 574 g/mol. The molecule has 8 heteroatoms. The van der Waals surface area contributed by atoms with Crippen molar-refractivity contribution in [3.8, 4) is 11.5 Å². The number of carbonyl (C=O) groups excluding carboxylic acids is 1. The number of aliphatic carboxylic acids is 1. The highest BCUT2D eigenvalue weighted by atomic mass is 16.5. The zero-order chi connectivity index (χ0) is 30.2. The molecular formula is C34H43N3O5. The molecule has 0 radical (unpaired) electrons. The maximum absolute atomic E-state index is 13.3. The number of methoxy groups -OCH3 is 1. The fourth-order valence-electron chi connectivity index (χ4n) is 5.84. The number of carboxylic acids is 1. The first kappa shape index (κ1) is 31.1. The first-order valence-electron chi connectivity index (χ1n) is 14.7. The predicted molar refractivity (Wildman–Crippen MR) is 164 cm³/mol. The van der Waals surface area contributed by atoms with Crippen LogP contribution in [0.4, 0.5) is 0 Å². The number of rotatable bonds is 12. The number of piperazine rings is 1. The van der Waals surface area contributed by atoms with Crippen LogP contribution in [0.2, 0.25) is 0 Å². The Morgan fingerprint density at radius 1 is 0.905 bits per heavy atom. The molecule has 42 heavy (non-hydrogen) atoms. The van der Waals surface area contributed by atoms with Crippen molar-refractivity contribution >= 4 is 11.9 Å². The summed E-state index contributed by atoms with van der Waals surface area (Å²) < 4.78 is 11.0. The minimum absolute atomic E-state index is 0.0482. The molecule has 1 amide bonds. The van der Waals surface area contributed by atoms with E-state index in [0.29, 0.717) is 24.4 Å². The van der Waals surface area contributed by atoms with Gasteiger partial charge in [-0.15, -0.1) is 0 Å². The molecule has 3 aromatic rings.